The van der Waals surface area contributed by atoms with Crippen LogP contribution in [0.5, 0.6) is 0 Å². The van der Waals surface area contributed by atoms with Gasteiger partial charge in [-0.25, -0.2) is 10.2 Å². The third-order valence-corrected chi connectivity index (χ3v) is 7.99. The summed E-state index contributed by atoms with van der Waals surface area (Å²) in [5, 5.41) is 9.15. The molecular weight excluding hydrogens is 646 g/mol. The first kappa shape index (κ1) is 32.4. The van der Waals surface area contributed by atoms with Crippen molar-refractivity contribution >= 4 is 36.9 Å². The van der Waals surface area contributed by atoms with Crippen LogP contribution in [0.25, 0.3) is 0 Å². The first-order valence-corrected chi connectivity index (χ1v) is 15.1. The summed E-state index contributed by atoms with van der Waals surface area (Å²) in [6.07, 6.45) is 7.15. The van der Waals surface area contributed by atoms with Crippen LogP contribution in [-0.4, -0.2) is 39.9 Å². The number of aromatic nitrogens is 4. The topological polar surface area (TPSA) is 63.3 Å². The van der Waals surface area contributed by atoms with E-state index in [4.69, 9.17) is 13.7 Å². The molecule has 0 unspecified atom stereocenters. The molecule has 3 heterocycles. The molecule has 226 valence electrons. The van der Waals surface area contributed by atoms with Crippen molar-refractivity contribution in [2.45, 2.75) is 26.7 Å². The Labute approximate surface area is 278 Å². The molecule has 1 fully saturated rings. The molecule has 1 saturated heterocycles. The third-order valence-electron chi connectivity index (χ3n) is 7.99. The van der Waals surface area contributed by atoms with E-state index in [1.807, 2.05) is 116 Å². The summed E-state index contributed by atoms with van der Waals surface area (Å²) in [7, 11) is -0.747. The molecular formula is C34H35B3N4O3Ru. The smallest absolute Gasteiger partial charge is 0.730 e. The van der Waals surface area contributed by atoms with Crippen molar-refractivity contribution in [3.63, 3.8) is 0 Å². The van der Waals surface area contributed by atoms with Crippen molar-refractivity contribution < 1.29 is 33.2 Å². The SMILES string of the molecule is Cc1ccc(C(C)C)cc1.[Ru+2].c1ccc(B2O[B@-](c3ccccc3)(n3cccn3)O[B@-](c3ccccc3)(n3cccn3)O2)cc1. The Morgan fingerprint density at radius 2 is 1.04 bits per heavy atom. The van der Waals surface area contributed by atoms with Gasteiger partial charge in [0.15, 0.2) is 0 Å². The van der Waals surface area contributed by atoms with Gasteiger partial charge in [0.25, 0.3) is 0 Å². The fourth-order valence-corrected chi connectivity index (χ4v) is 5.63. The number of aryl methyl sites for hydroxylation is 1. The molecule has 4 aromatic carbocycles. The van der Waals surface area contributed by atoms with Gasteiger partial charge in [-0.15, -0.1) is 10.9 Å². The average molecular weight is 681 g/mol. The van der Waals surface area contributed by atoms with Crippen molar-refractivity contribution in [2.75, 3.05) is 0 Å². The largest absolute Gasteiger partial charge is 2.00 e. The molecule has 11 heteroatoms. The molecule has 1 aliphatic heterocycles. The van der Waals surface area contributed by atoms with E-state index in [2.05, 4.69) is 55.2 Å². The maximum atomic E-state index is 7.06. The van der Waals surface area contributed by atoms with Crippen molar-refractivity contribution in [3.05, 3.63) is 163 Å². The van der Waals surface area contributed by atoms with Crippen LogP contribution in [0, 0.1) is 6.92 Å². The maximum absolute atomic E-state index is 7.06. The average Bonchev–Trinajstić information content (AvgIpc) is 3.83. The summed E-state index contributed by atoms with van der Waals surface area (Å²) in [5.41, 5.74) is 5.30. The van der Waals surface area contributed by atoms with Crippen LogP contribution in [-0.2, 0) is 33.2 Å². The molecule has 45 heavy (non-hydrogen) atoms. The molecule has 6 aromatic rings. The quantitative estimate of drug-likeness (QED) is 0.238. The Hall–Kier alpha value is -4.00. The Balaban J connectivity index is 0.000000313. The molecule has 2 atom stereocenters. The monoisotopic (exact) mass is 682 g/mol. The molecule has 7 rings (SSSR count). The second-order valence-corrected chi connectivity index (χ2v) is 11.4. The molecule has 0 saturated carbocycles. The Bertz CT molecular complexity index is 1650. The van der Waals surface area contributed by atoms with Crippen molar-refractivity contribution in [2.24, 2.45) is 0 Å². The van der Waals surface area contributed by atoms with E-state index >= 15 is 0 Å². The van der Waals surface area contributed by atoms with Gasteiger partial charge >= 0.3 is 40.0 Å². The van der Waals surface area contributed by atoms with Crippen molar-refractivity contribution in [1.29, 1.82) is 0 Å². The number of nitrogens with zero attached hydrogens (tertiary/aromatic N) is 4. The van der Waals surface area contributed by atoms with Crippen LogP contribution in [0.4, 0.5) is 0 Å². The van der Waals surface area contributed by atoms with Gasteiger partial charge < -0.3 is 22.9 Å². The molecule has 0 spiro atoms. The van der Waals surface area contributed by atoms with E-state index in [9.17, 15) is 0 Å². The molecule has 0 N–H and O–H groups in total. The van der Waals surface area contributed by atoms with E-state index in [-0.39, 0.29) is 19.5 Å². The predicted octanol–water partition coefficient (Wildman–Crippen LogP) is 4.74. The van der Waals surface area contributed by atoms with Crippen LogP contribution in [0.2, 0.25) is 0 Å². The van der Waals surface area contributed by atoms with Crippen LogP contribution in [0.1, 0.15) is 30.9 Å². The molecule has 0 bridgehead atoms. The van der Waals surface area contributed by atoms with Gasteiger partial charge in [-0.2, -0.15) is 0 Å². The maximum Gasteiger partial charge on any atom is 2.00 e. The summed E-state index contributed by atoms with van der Waals surface area (Å²) in [5.74, 6) is 0.653. The van der Waals surface area contributed by atoms with Crippen LogP contribution < -0.4 is 16.4 Å². The minimum Gasteiger partial charge on any atom is -0.730 e. The molecule has 0 aliphatic carbocycles. The normalized spacial score (nSPS) is 19.3. The van der Waals surface area contributed by atoms with Crippen LogP contribution >= 0.6 is 0 Å². The second-order valence-electron chi connectivity index (χ2n) is 11.4. The van der Waals surface area contributed by atoms with E-state index in [0.29, 0.717) is 5.92 Å². The third kappa shape index (κ3) is 6.82. The van der Waals surface area contributed by atoms with Gasteiger partial charge in [0.2, 0.25) is 0 Å². The van der Waals surface area contributed by atoms with Gasteiger partial charge in [-0.3, -0.25) is 0 Å². The van der Waals surface area contributed by atoms with E-state index < -0.39 is 20.5 Å². The molecule has 1 aliphatic rings. The standard InChI is InChI=1S/C24H21B3N4O3.C10H14.Ru/c1-4-12-22(13-5-1)25-32-26(30-20-10-18-28-30,23-14-6-2-7-15-23)34-27(33-25,31-21-11-19-29-31)24-16-8-3-9-17-24;1-8(2)10-6-4-9(3)5-7-10;/h1-21H;4-8H,1-3H3;/q-2;;+2/t26-,27+;;. The summed E-state index contributed by atoms with van der Waals surface area (Å²) < 4.78 is 24.1. The zero-order valence-corrected chi connectivity index (χ0v) is 27.3. The van der Waals surface area contributed by atoms with Gasteiger partial charge in [0.05, 0.1) is 0 Å². The fourth-order valence-electron chi connectivity index (χ4n) is 5.63. The summed E-state index contributed by atoms with van der Waals surface area (Å²) in [6, 6.07) is 42.1. The number of rotatable bonds is 6. The summed E-state index contributed by atoms with van der Waals surface area (Å²) in [4.78, 5) is 0. The molecule has 7 nitrogen and oxygen atoms in total. The van der Waals surface area contributed by atoms with E-state index in [1.165, 1.54) is 11.1 Å². The summed E-state index contributed by atoms with van der Waals surface area (Å²) in [6.45, 7) is 1.86. The predicted molar refractivity (Wildman–Crippen MR) is 179 cm³/mol. The first-order valence-electron chi connectivity index (χ1n) is 15.1. The Morgan fingerprint density at radius 3 is 1.44 bits per heavy atom. The summed E-state index contributed by atoms with van der Waals surface area (Å²) >= 11 is 0. The zero-order valence-electron chi connectivity index (χ0n) is 25.6. The number of hydrogen-bond acceptors (Lipinski definition) is 5. The molecule has 2 aromatic heterocycles. The fraction of sp³-hybridized carbons (Fsp3) is 0.118. The first-order chi connectivity index (χ1) is 21.5. The second kappa shape index (κ2) is 14.4. The minimum absolute atomic E-state index is 0. The number of benzene rings is 4. The van der Waals surface area contributed by atoms with E-state index in [0.717, 1.165) is 16.4 Å². The Kier molecular flexibility index (Phi) is 10.4. The number of hydrogen-bond donors (Lipinski definition) is 0. The van der Waals surface area contributed by atoms with E-state index in [1.54, 1.807) is 21.6 Å². The molecule has 0 radical (unpaired) electrons. The van der Waals surface area contributed by atoms with Gasteiger partial charge in [-0.05, 0) is 48.4 Å². The molecule has 0 amide bonds. The van der Waals surface area contributed by atoms with Gasteiger partial charge in [0, 0.05) is 12.4 Å². The van der Waals surface area contributed by atoms with Crippen LogP contribution in [0.15, 0.2) is 152 Å². The van der Waals surface area contributed by atoms with Gasteiger partial charge in [0.1, 0.15) is 0 Å². The van der Waals surface area contributed by atoms with Gasteiger partial charge in [-0.1, -0.05) is 135 Å². The zero-order chi connectivity index (χ0) is 30.4. The van der Waals surface area contributed by atoms with Crippen molar-refractivity contribution in [3.8, 4) is 0 Å². The van der Waals surface area contributed by atoms with Crippen LogP contribution in [0.3, 0.4) is 0 Å². The minimum atomic E-state index is -2.34. The Morgan fingerprint density at radius 1 is 0.600 bits per heavy atom. The van der Waals surface area contributed by atoms with Crippen molar-refractivity contribution in [1.82, 2.24) is 19.4 Å².